The second-order valence-corrected chi connectivity index (χ2v) is 5.26. The van der Waals surface area contributed by atoms with E-state index < -0.39 is 0 Å². The molecule has 0 saturated heterocycles. The lowest BCUT2D eigenvalue weighted by Crippen LogP contribution is -2.15. The van der Waals surface area contributed by atoms with E-state index in [2.05, 4.69) is 20.5 Å². The van der Waals surface area contributed by atoms with Crippen LogP contribution >= 0.6 is 11.3 Å². The lowest BCUT2D eigenvalue weighted by molar-refractivity contribution is -0.115. The Kier molecular flexibility index (Phi) is 2.83. The third kappa shape index (κ3) is 2.37. The lowest BCUT2D eigenvalue weighted by Gasteiger charge is -2.00. The molecule has 0 unspecified atom stereocenters. The summed E-state index contributed by atoms with van der Waals surface area (Å²) in [5, 5.41) is 11.5. The SMILES string of the molecule is Cc1cn2c(CC(=O)Nc3cc(C)[nH]n3)csc2n1. The number of H-pyrrole nitrogens is 1. The largest absolute Gasteiger partial charge is 0.309 e. The van der Waals surface area contributed by atoms with Crippen molar-refractivity contribution in [1.82, 2.24) is 19.6 Å². The number of thiazole rings is 1. The second-order valence-electron chi connectivity index (χ2n) is 4.42. The number of aryl methyl sites for hydroxylation is 2. The third-order valence-electron chi connectivity index (χ3n) is 2.72. The minimum atomic E-state index is -0.0856. The summed E-state index contributed by atoms with van der Waals surface area (Å²) in [6, 6.07) is 1.79. The number of nitrogens with one attached hydrogen (secondary N) is 2. The van der Waals surface area contributed by atoms with Gasteiger partial charge in [-0.05, 0) is 13.8 Å². The highest BCUT2D eigenvalue weighted by Gasteiger charge is 2.11. The molecule has 0 fully saturated rings. The van der Waals surface area contributed by atoms with E-state index in [9.17, 15) is 4.79 Å². The van der Waals surface area contributed by atoms with Crippen molar-refractivity contribution in [2.45, 2.75) is 20.3 Å². The van der Waals surface area contributed by atoms with Crippen LogP contribution in [0.5, 0.6) is 0 Å². The van der Waals surface area contributed by atoms with E-state index in [-0.39, 0.29) is 5.91 Å². The number of carbonyl (C=O) groups is 1. The standard InChI is InChI=1S/C12H13N5OS/c1-7-3-10(16-15-7)14-11(18)4-9-6-19-12-13-8(2)5-17(9)12/h3,5-6H,4H2,1-2H3,(H2,14,15,16,18). The maximum Gasteiger partial charge on any atom is 0.231 e. The highest BCUT2D eigenvalue weighted by atomic mass is 32.1. The van der Waals surface area contributed by atoms with Crippen LogP contribution in [0.4, 0.5) is 5.82 Å². The molecule has 3 heterocycles. The van der Waals surface area contributed by atoms with E-state index in [1.807, 2.05) is 29.8 Å². The molecule has 6 nitrogen and oxygen atoms in total. The number of carbonyl (C=O) groups excluding carboxylic acids is 1. The number of imidazole rings is 1. The molecule has 0 atom stereocenters. The van der Waals surface area contributed by atoms with E-state index >= 15 is 0 Å². The molecule has 0 radical (unpaired) electrons. The summed E-state index contributed by atoms with van der Waals surface area (Å²) in [6.45, 7) is 3.83. The summed E-state index contributed by atoms with van der Waals surface area (Å²) >= 11 is 1.54. The maximum atomic E-state index is 11.9. The van der Waals surface area contributed by atoms with Crippen molar-refractivity contribution < 1.29 is 4.79 Å². The van der Waals surface area contributed by atoms with Gasteiger partial charge in [0, 0.05) is 29.0 Å². The molecule has 0 bridgehead atoms. The summed E-state index contributed by atoms with van der Waals surface area (Å²) in [7, 11) is 0. The minimum Gasteiger partial charge on any atom is -0.309 e. The average Bonchev–Trinajstić information content (AvgIpc) is 2.98. The van der Waals surface area contributed by atoms with Gasteiger partial charge in [-0.25, -0.2) is 4.98 Å². The Bertz CT molecular complexity index is 738. The number of hydrogen-bond donors (Lipinski definition) is 2. The van der Waals surface area contributed by atoms with Gasteiger partial charge < -0.3 is 5.32 Å². The predicted molar refractivity (Wildman–Crippen MR) is 73.5 cm³/mol. The first-order chi connectivity index (χ1) is 9.11. The molecule has 0 aliphatic heterocycles. The fourth-order valence-corrected chi connectivity index (χ4v) is 2.82. The van der Waals surface area contributed by atoms with Gasteiger partial charge in [-0.3, -0.25) is 14.3 Å². The summed E-state index contributed by atoms with van der Waals surface area (Å²) in [5.74, 6) is 0.466. The molecular weight excluding hydrogens is 262 g/mol. The number of amides is 1. The molecule has 0 aliphatic carbocycles. The van der Waals surface area contributed by atoms with E-state index in [4.69, 9.17) is 0 Å². The van der Waals surface area contributed by atoms with Gasteiger partial charge in [0.1, 0.15) is 0 Å². The van der Waals surface area contributed by atoms with E-state index in [1.54, 1.807) is 6.07 Å². The zero-order valence-electron chi connectivity index (χ0n) is 10.6. The predicted octanol–water partition coefficient (Wildman–Crippen LogP) is 1.92. The first-order valence-corrected chi connectivity index (χ1v) is 6.74. The third-order valence-corrected chi connectivity index (χ3v) is 3.61. The molecule has 7 heteroatoms. The Balaban J connectivity index is 1.75. The number of aromatic nitrogens is 4. The zero-order valence-corrected chi connectivity index (χ0v) is 11.4. The second kappa shape index (κ2) is 4.51. The number of hydrogen-bond acceptors (Lipinski definition) is 4. The monoisotopic (exact) mass is 275 g/mol. The van der Waals surface area contributed by atoms with Crippen LogP contribution < -0.4 is 5.32 Å². The molecule has 3 rings (SSSR count). The number of anilines is 1. The molecule has 19 heavy (non-hydrogen) atoms. The van der Waals surface area contributed by atoms with Crippen LogP contribution in [-0.4, -0.2) is 25.5 Å². The highest BCUT2D eigenvalue weighted by molar-refractivity contribution is 7.15. The molecule has 98 valence electrons. The van der Waals surface area contributed by atoms with Crippen molar-refractivity contribution in [1.29, 1.82) is 0 Å². The Labute approximate surface area is 113 Å². The summed E-state index contributed by atoms with van der Waals surface area (Å²) < 4.78 is 1.95. The summed E-state index contributed by atoms with van der Waals surface area (Å²) in [6.07, 6.45) is 2.24. The minimum absolute atomic E-state index is 0.0856. The molecule has 3 aromatic rings. The van der Waals surface area contributed by atoms with Gasteiger partial charge in [-0.1, -0.05) is 0 Å². The van der Waals surface area contributed by atoms with Crippen LogP contribution in [0.1, 0.15) is 17.1 Å². The van der Waals surface area contributed by atoms with Crippen molar-refractivity contribution in [3.63, 3.8) is 0 Å². The Morgan fingerprint density at radius 2 is 2.37 bits per heavy atom. The van der Waals surface area contributed by atoms with Gasteiger partial charge >= 0.3 is 0 Å². The molecule has 1 amide bonds. The molecule has 0 saturated carbocycles. The molecular formula is C12H13N5OS. The maximum absolute atomic E-state index is 11.9. The smallest absolute Gasteiger partial charge is 0.231 e. The number of aromatic amines is 1. The van der Waals surface area contributed by atoms with E-state index in [0.717, 1.165) is 22.0 Å². The van der Waals surface area contributed by atoms with E-state index in [0.29, 0.717) is 12.2 Å². The van der Waals surface area contributed by atoms with Crippen molar-refractivity contribution in [2.75, 3.05) is 5.32 Å². The van der Waals surface area contributed by atoms with Crippen LogP contribution in [-0.2, 0) is 11.2 Å². The average molecular weight is 275 g/mol. The fraction of sp³-hybridized carbons (Fsp3) is 0.250. The number of fused-ring (bicyclic) bond motifs is 1. The summed E-state index contributed by atoms with van der Waals surface area (Å²) in [5.41, 5.74) is 2.81. The van der Waals surface area contributed by atoms with Crippen LogP contribution in [0.2, 0.25) is 0 Å². The van der Waals surface area contributed by atoms with Gasteiger partial charge in [0.2, 0.25) is 5.91 Å². The van der Waals surface area contributed by atoms with Gasteiger partial charge in [0.15, 0.2) is 10.8 Å². The van der Waals surface area contributed by atoms with Gasteiger partial charge in [0.05, 0.1) is 12.1 Å². The zero-order chi connectivity index (χ0) is 13.4. The van der Waals surface area contributed by atoms with Crippen LogP contribution in [0.3, 0.4) is 0 Å². The fourth-order valence-electron chi connectivity index (χ4n) is 1.90. The van der Waals surface area contributed by atoms with Crippen molar-refractivity contribution >= 4 is 28.0 Å². The lowest BCUT2D eigenvalue weighted by atomic mass is 10.3. The Morgan fingerprint density at radius 3 is 3.11 bits per heavy atom. The molecule has 2 N–H and O–H groups in total. The molecule has 0 spiro atoms. The van der Waals surface area contributed by atoms with Gasteiger partial charge in [0.25, 0.3) is 0 Å². The van der Waals surface area contributed by atoms with Crippen molar-refractivity contribution in [2.24, 2.45) is 0 Å². The first-order valence-electron chi connectivity index (χ1n) is 5.86. The van der Waals surface area contributed by atoms with Gasteiger partial charge in [-0.2, -0.15) is 5.10 Å². The Hall–Kier alpha value is -2.15. The van der Waals surface area contributed by atoms with Crippen LogP contribution in [0.25, 0.3) is 4.96 Å². The Morgan fingerprint density at radius 1 is 1.53 bits per heavy atom. The highest BCUT2D eigenvalue weighted by Crippen LogP contribution is 2.17. The van der Waals surface area contributed by atoms with Crippen molar-refractivity contribution in [3.8, 4) is 0 Å². The first kappa shape index (κ1) is 11.9. The molecule has 0 aliphatic rings. The number of nitrogens with zero attached hydrogens (tertiary/aromatic N) is 3. The summed E-state index contributed by atoms with van der Waals surface area (Å²) in [4.78, 5) is 17.2. The van der Waals surface area contributed by atoms with E-state index in [1.165, 1.54) is 11.3 Å². The normalized spacial score (nSPS) is 11.1. The van der Waals surface area contributed by atoms with Gasteiger partial charge in [-0.15, -0.1) is 11.3 Å². The van der Waals surface area contributed by atoms with Crippen molar-refractivity contribution in [3.05, 3.63) is 34.7 Å². The van der Waals surface area contributed by atoms with Crippen LogP contribution in [0, 0.1) is 13.8 Å². The number of rotatable bonds is 3. The molecule has 0 aromatic carbocycles. The molecule has 3 aromatic heterocycles. The van der Waals surface area contributed by atoms with Crippen LogP contribution in [0.15, 0.2) is 17.6 Å². The topological polar surface area (TPSA) is 75.1 Å². The quantitative estimate of drug-likeness (QED) is 0.766.